The third-order valence-corrected chi connectivity index (χ3v) is 3.38. The Morgan fingerprint density at radius 3 is 2.64 bits per heavy atom. The van der Waals surface area contributed by atoms with Crippen molar-refractivity contribution in [1.82, 2.24) is 4.98 Å². The molecule has 7 heteroatoms. The monoisotopic (exact) mass is 309 g/mol. The van der Waals surface area contributed by atoms with E-state index in [9.17, 15) is 14.9 Å². The molecular formula is C15H23N3O4. The number of nitrogens with one attached hydrogen (secondary N) is 1. The molecule has 0 radical (unpaired) electrons. The van der Waals surface area contributed by atoms with Gasteiger partial charge in [0.2, 0.25) is 5.82 Å². The molecule has 1 heterocycles. The molecule has 1 aliphatic carbocycles. The van der Waals surface area contributed by atoms with Crippen molar-refractivity contribution in [3.8, 4) is 0 Å². The van der Waals surface area contributed by atoms with E-state index in [1.165, 1.54) is 19.3 Å². The summed E-state index contributed by atoms with van der Waals surface area (Å²) in [6.07, 6.45) is 7.47. The van der Waals surface area contributed by atoms with Crippen molar-refractivity contribution in [3.63, 3.8) is 0 Å². The molecule has 2 rings (SSSR count). The summed E-state index contributed by atoms with van der Waals surface area (Å²) in [6.45, 7) is 4.47. The van der Waals surface area contributed by atoms with Crippen LogP contribution in [-0.2, 0) is 9.53 Å². The van der Waals surface area contributed by atoms with Gasteiger partial charge in [-0.25, -0.2) is 4.98 Å². The maximum atomic E-state index is 10.9. The van der Waals surface area contributed by atoms with Gasteiger partial charge in [0, 0.05) is 18.3 Å². The highest BCUT2D eigenvalue weighted by atomic mass is 16.6. The van der Waals surface area contributed by atoms with E-state index >= 15 is 0 Å². The second-order valence-electron chi connectivity index (χ2n) is 5.17. The van der Waals surface area contributed by atoms with Crippen LogP contribution in [0.3, 0.4) is 0 Å². The Labute approximate surface area is 130 Å². The summed E-state index contributed by atoms with van der Waals surface area (Å²) < 4.78 is 4.15. The summed E-state index contributed by atoms with van der Waals surface area (Å²) in [5, 5.41) is 14.1. The van der Waals surface area contributed by atoms with E-state index in [-0.39, 0.29) is 10.6 Å². The smallest absolute Gasteiger partial charge is 0.311 e. The van der Waals surface area contributed by atoms with Crippen molar-refractivity contribution < 1.29 is 14.5 Å². The van der Waals surface area contributed by atoms with E-state index < -0.39 is 0 Å². The zero-order valence-electron chi connectivity index (χ0n) is 13.1. The van der Waals surface area contributed by atoms with E-state index in [4.69, 9.17) is 0 Å². The number of pyridine rings is 1. The van der Waals surface area contributed by atoms with E-state index in [1.54, 1.807) is 19.2 Å². The second-order valence-corrected chi connectivity index (χ2v) is 5.17. The van der Waals surface area contributed by atoms with E-state index in [2.05, 4.69) is 15.0 Å². The minimum Gasteiger partial charge on any atom is -0.468 e. The molecule has 7 nitrogen and oxygen atoms in total. The molecule has 0 spiro atoms. The van der Waals surface area contributed by atoms with Gasteiger partial charge in [0.1, 0.15) is 0 Å². The SMILES string of the molecule is CCOC=O.Cc1cnc(NC2CCCCC2)c([N+](=O)[O-])c1. The fraction of sp³-hybridized carbons (Fsp3) is 0.600. The maximum absolute atomic E-state index is 10.9. The van der Waals surface area contributed by atoms with Gasteiger partial charge in [0.05, 0.1) is 11.5 Å². The number of carbonyl (C=O) groups excluding carboxylic acids is 1. The normalized spacial score (nSPS) is 14.5. The van der Waals surface area contributed by atoms with Gasteiger partial charge in [-0.1, -0.05) is 19.3 Å². The third kappa shape index (κ3) is 6.07. The number of nitrogens with zero attached hydrogens (tertiary/aromatic N) is 2. The fourth-order valence-corrected chi connectivity index (χ4v) is 2.31. The summed E-state index contributed by atoms with van der Waals surface area (Å²) in [6, 6.07) is 1.90. The highest BCUT2D eigenvalue weighted by Crippen LogP contribution is 2.26. The molecule has 0 amide bonds. The predicted molar refractivity (Wildman–Crippen MR) is 83.8 cm³/mol. The number of hydrogen-bond donors (Lipinski definition) is 1. The van der Waals surface area contributed by atoms with Gasteiger partial charge in [-0.15, -0.1) is 0 Å². The molecule has 0 atom stereocenters. The lowest BCUT2D eigenvalue weighted by Gasteiger charge is -2.23. The first kappa shape index (κ1) is 17.9. The molecule has 22 heavy (non-hydrogen) atoms. The number of nitro groups is 1. The van der Waals surface area contributed by atoms with Gasteiger partial charge in [-0.05, 0) is 32.3 Å². The van der Waals surface area contributed by atoms with Crippen LogP contribution in [0.15, 0.2) is 12.3 Å². The van der Waals surface area contributed by atoms with Crippen LogP contribution in [-0.4, -0.2) is 29.0 Å². The second kappa shape index (κ2) is 9.70. The van der Waals surface area contributed by atoms with Crippen molar-refractivity contribution in [1.29, 1.82) is 0 Å². The standard InChI is InChI=1S/C12H17N3O2.C3H6O2/c1-9-7-11(15(16)17)12(13-8-9)14-10-5-3-2-4-6-10;1-2-5-3-4/h7-8,10H,2-6H2,1H3,(H,13,14);3H,2H2,1H3. The van der Waals surface area contributed by atoms with Gasteiger partial charge in [0.15, 0.2) is 0 Å². The van der Waals surface area contributed by atoms with Crippen LogP contribution in [0.25, 0.3) is 0 Å². The minimum atomic E-state index is -0.370. The summed E-state index contributed by atoms with van der Waals surface area (Å²) in [5.74, 6) is 0.410. The zero-order valence-corrected chi connectivity index (χ0v) is 13.1. The highest BCUT2D eigenvalue weighted by Gasteiger charge is 2.20. The third-order valence-electron chi connectivity index (χ3n) is 3.38. The Kier molecular flexibility index (Phi) is 7.88. The van der Waals surface area contributed by atoms with Crippen LogP contribution in [0.5, 0.6) is 0 Å². The van der Waals surface area contributed by atoms with Crippen molar-refractivity contribution in [3.05, 3.63) is 27.9 Å². The first-order valence-corrected chi connectivity index (χ1v) is 7.51. The Morgan fingerprint density at radius 1 is 1.45 bits per heavy atom. The van der Waals surface area contributed by atoms with E-state index in [0.717, 1.165) is 18.4 Å². The van der Waals surface area contributed by atoms with Crippen molar-refractivity contribution in [2.75, 3.05) is 11.9 Å². The van der Waals surface area contributed by atoms with Crippen LogP contribution in [0.1, 0.15) is 44.6 Å². The quantitative estimate of drug-likeness (QED) is 0.510. The average Bonchev–Trinajstić information content (AvgIpc) is 2.51. The zero-order chi connectivity index (χ0) is 16.4. The molecule has 0 saturated heterocycles. The van der Waals surface area contributed by atoms with Gasteiger partial charge < -0.3 is 10.1 Å². The Bertz CT molecular complexity index is 488. The number of carbonyl (C=O) groups is 1. The predicted octanol–water partition coefficient (Wildman–Crippen LogP) is 3.22. The largest absolute Gasteiger partial charge is 0.468 e. The topological polar surface area (TPSA) is 94.4 Å². The molecule has 1 fully saturated rings. The van der Waals surface area contributed by atoms with Gasteiger partial charge in [-0.2, -0.15) is 0 Å². The number of aromatic nitrogens is 1. The number of anilines is 1. The van der Waals surface area contributed by atoms with Crippen LogP contribution in [0, 0.1) is 17.0 Å². The Morgan fingerprint density at radius 2 is 2.14 bits per heavy atom. The maximum Gasteiger partial charge on any atom is 0.311 e. The summed E-state index contributed by atoms with van der Waals surface area (Å²) in [7, 11) is 0. The molecule has 1 saturated carbocycles. The average molecular weight is 309 g/mol. The van der Waals surface area contributed by atoms with E-state index in [0.29, 0.717) is 24.9 Å². The number of ether oxygens (including phenoxy) is 1. The number of aryl methyl sites for hydroxylation is 1. The summed E-state index contributed by atoms with van der Waals surface area (Å²) >= 11 is 0. The van der Waals surface area contributed by atoms with Gasteiger partial charge in [0.25, 0.3) is 6.47 Å². The van der Waals surface area contributed by atoms with Crippen molar-refractivity contribution in [2.45, 2.75) is 52.0 Å². The number of hydrogen-bond acceptors (Lipinski definition) is 6. The first-order valence-electron chi connectivity index (χ1n) is 7.51. The molecule has 0 unspecified atom stereocenters. The van der Waals surface area contributed by atoms with E-state index in [1.807, 2.05) is 6.92 Å². The van der Waals surface area contributed by atoms with Crippen molar-refractivity contribution in [2.24, 2.45) is 0 Å². The molecule has 0 aliphatic heterocycles. The van der Waals surface area contributed by atoms with Crippen LogP contribution in [0.2, 0.25) is 0 Å². The van der Waals surface area contributed by atoms with Gasteiger partial charge >= 0.3 is 5.69 Å². The lowest BCUT2D eigenvalue weighted by atomic mass is 9.95. The van der Waals surface area contributed by atoms with Gasteiger partial charge in [-0.3, -0.25) is 14.9 Å². The Balaban J connectivity index is 0.000000422. The molecule has 0 aromatic carbocycles. The Hall–Kier alpha value is -2.18. The van der Waals surface area contributed by atoms with Crippen LogP contribution < -0.4 is 5.32 Å². The molecular weight excluding hydrogens is 286 g/mol. The highest BCUT2D eigenvalue weighted by molar-refractivity contribution is 5.57. The molecule has 1 aromatic rings. The van der Waals surface area contributed by atoms with Crippen molar-refractivity contribution >= 4 is 18.0 Å². The molecule has 122 valence electrons. The molecule has 1 aliphatic rings. The minimum absolute atomic E-state index is 0.0792. The summed E-state index contributed by atoms with van der Waals surface area (Å²) in [5.41, 5.74) is 0.890. The molecule has 1 N–H and O–H groups in total. The van der Waals surface area contributed by atoms with Crippen LogP contribution >= 0.6 is 0 Å². The fourth-order valence-electron chi connectivity index (χ4n) is 2.31. The molecule has 0 bridgehead atoms. The lowest BCUT2D eigenvalue weighted by molar-refractivity contribution is -0.384. The first-order chi connectivity index (χ1) is 10.6. The summed E-state index contributed by atoms with van der Waals surface area (Å²) in [4.78, 5) is 23.9. The van der Waals surface area contributed by atoms with Crippen LogP contribution in [0.4, 0.5) is 11.5 Å². The molecule has 1 aromatic heterocycles. The number of rotatable bonds is 5. The lowest BCUT2D eigenvalue weighted by Crippen LogP contribution is -2.23.